The summed E-state index contributed by atoms with van der Waals surface area (Å²) in [6, 6.07) is 15.9. The van der Waals surface area contributed by atoms with E-state index in [2.05, 4.69) is 4.99 Å². The Bertz CT molecular complexity index is 666. The van der Waals surface area contributed by atoms with Crippen LogP contribution >= 0.6 is 0 Å². The maximum atomic E-state index is 11.6. The van der Waals surface area contributed by atoms with E-state index in [4.69, 9.17) is 10.5 Å². The summed E-state index contributed by atoms with van der Waals surface area (Å²) in [7, 11) is 0. The number of amidine groups is 1. The highest BCUT2D eigenvalue weighted by molar-refractivity contribution is 6.07. The number of nitrogens with zero attached hydrogens (tertiary/aromatic N) is 1. The van der Waals surface area contributed by atoms with Crippen molar-refractivity contribution in [1.82, 2.24) is 0 Å². The molecule has 0 radical (unpaired) electrons. The minimum absolute atomic E-state index is 0.0456. The second-order valence-corrected chi connectivity index (χ2v) is 4.24. The van der Waals surface area contributed by atoms with Gasteiger partial charge in [0, 0.05) is 11.1 Å². The molecule has 0 aliphatic carbocycles. The van der Waals surface area contributed by atoms with E-state index in [-0.39, 0.29) is 12.4 Å². The van der Waals surface area contributed by atoms with Gasteiger partial charge in [-0.25, -0.2) is 4.79 Å². The zero-order chi connectivity index (χ0) is 15.1. The fourth-order valence-corrected chi connectivity index (χ4v) is 1.74. The molecule has 0 aliphatic heterocycles. The summed E-state index contributed by atoms with van der Waals surface area (Å²) in [4.78, 5) is 26.2. The number of nitrogens with two attached hydrogens (primary N) is 1. The van der Waals surface area contributed by atoms with E-state index in [9.17, 15) is 9.59 Å². The average Bonchev–Trinajstić information content (AvgIpc) is 2.53. The van der Waals surface area contributed by atoms with Crippen LogP contribution in [0.4, 0.5) is 4.79 Å². The molecule has 0 aromatic heterocycles. The monoisotopic (exact) mass is 282 g/mol. The van der Waals surface area contributed by atoms with E-state index in [0.29, 0.717) is 17.4 Å². The number of hydrogen-bond donors (Lipinski definition) is 1. The molecule has 0 fully saturated rings. The summed E-state index contributed by atoms with van der Waals surface area (Å²) < 4.78 is 5.00. The summed E-state index contributed by atoms with van der Waals surface area (Å²) >= 11 is 0. The standard InChI is InChI=1S/C16H14N2O3/c17-15(14-9-5-4-8-13(14)10-19)18-16(20)21-11-12-6-2-1-3-7-12/h1-10H,11H2,(H2,17,18,20). The Morgan fingerprint density at radius 2 is 1.76 bits per heavy atom. The molecule has 0 aliphatic rings. The first-order valence-corrected chi connectivity index (χ1v) is 6.30. The van der Waals surface area contributed by atoms with Gasteiger partial charge in [-0.3, -0.25) is 4.79 Å². The zero-order valence-corrected chi connectivity index (χ0v) is 11.2. The van der Waals surface area contributed by atoms with Crippen molar-refractivity contribution >= 4 is 18.2 Å². The van der Waals surface area contributed by atoms with Crippen LogP contribution in [0, 0.1) is 0 Å². The molecule has 0 saturated heterocycles. The van der Waals surface area contributed by atoms with Gasteiger partial charge in [-0.1, -0.05) is 54.6 Å². The highest BCUT2D eigenvalue weighted by Crippen LogP contribution is 2.07. The first-order chi connectivity index (χ1) is 10.2. The van der Waals surface area contributed by atoms with Gasteiger partial charge < -0.3 is 10.5 Å². The third-order valence-corrected chi connectivity index (χ3v) is 2.78. The Morgan fingerprint density at radius 1 is 1.10 bits per heavy atom. The van der Waals surface area contributed by atoms with Gasteiger partial charge in [-0.2, -0.15) is 4.99 Å². The predicted molar refractivity (Wildman–Crippen MR) is 79.2 cm³/mol. The van der Waals surface area contributed by atoms with Gasteiger partial charge in [0.25, 0.3) is 0 Å². The quantitative estimate of drug-likeness (QED) is 0.530. The third-order valence-electron chi connectivity index (χ3n) is 2.78. The summed E-state index contributed by atoms with van der Waals surface area (Å²) in [5, 5.41) is 0. The van der Waals surface area contributed by atoms with E-state index >= 15 is 0 Å². The molecular formula is C16H14N2O3. The van der Waals surface area contributed by atoms with E-state index in [1.165, 1.54) is 0 Å². The summed E-state index contributed by atoms with van der Waals surface area (Å²) in [6.07, 6.45) is -0.135. The molecule has 0 atom stereocenters. The number of benzene rings is 2. The number of aldehydes is 1. The predicted octanol–water partition coefficient (Wildman–Crippen LogP) is 2.54. The van der Waals surface area contributed by atoms with E-state index < -0.39 is 6.09 Å². The number of aliphatic imine (C=N–C) groups is 1. The van der Waals surface area contributed by atoms with Gasteiger partial charge in [-0.05, 0) is 5.56 Å². The smallest absolute Gasteiger partial charge is 0.435 e. The van der Waals surface area contributed by atoms with Crippen LogP contribution in [-0.2, 0) is 11.3 Å². The van der Waals surface area contributed by atoms with E-state index in [0.717, 1.165) is 5.56 Å². The lowest BCUT2D eigenvalue weighted by Gasteiger charge is -2.04. The summed E-state index contributed by atoms with van der Waals surface area (Å²) in [6.45, 7) is 0.117. The van der Waals surface area contributed by atoms with Gasteiger partial charge in [0.05, 0.1) is 0 Å². The molecule has 5 nitrogen and oxygen atoms in total. The molecule has 5 heteroatoms. The Kier molecular flexibility index (Phi) is 4.82. The summed E-state index contributed by atoms with van der Waals surface area (Å²) in [5.74, 6) is -0.0456. The van der Waals surface area contributed by atoms with Gasteiger partial charge in [0.1, 0.15) is 12.4 Å². The maximum Gasteiger partial charge on any atom is 0.435 e. The van der Waals surface area contributed by atoms with Crippen molar-refractivity contribution in [2.24, 2.45) is 10.7 Å². The zero-order valence-electron chi connectivity index (χ0n) is 11.2. The van der Waals surface area contributed by atoms with Crippen molar-refractivity contribution in [2.45, 2.75) is 6.61 Å². The number of amides is 1. The molecule has 0 unspecified atom stereocenters. The van der Waals surface area contributed by atoms with Crippen molar-refractivity contribution in [1.29, 1.82) is 0 Å². The first-order valence-electron chi connectivity index (χ1n) is 6.30. The second kappa shape index (κ2) is 7.00. The van der Waals surface area contributed by atoms with Crippen LogP contribution in [0.3, 0.4) is 0 Å². The lowest BCUT2D eigenvalue weighted by Crippen LogP contribution is -2.18. The Labute approximate surface area is 122 Å². The van der Waals surface area contributed by atoms with Crippen LogP contribution in [0.2, 0.25) is 0 Å². The number of carbonyl (C=O) groups excluding carboxylic acids is 2. The van der Waals surface area contributed by atoms with Crippen LogP contribution in [0.25, 0.3) is 0 Å². The maximum absolute atomic E-state index is 11.6. The van der Waals surface area contributed by atoms with Crippen molar-refractivity contribution in [3.8, 4) is 0 Å². The van der Waals surface area contributed by atoms with Crippen LogP contribution in [0.1, 0.15) is 21.5 Å². The van der Waals surface area contributed by atoms with E-state index in [1.807, 2.05) is 30.3 Å². The van der Waals surface area contributed by atoms with Gasteiger partial charge in [0.15, 0.2) is 6.29 Å². The highest BCUT2D eigenvalue weighted by Gasteiger charge is 2.08. The number of ether oxygens (including phenoxy) is 1. The van der Waals surface area contributed by atoms with Crippen LogP contribution in [-0.4, -0.2) is 18.2 Å². The topological polar surface area (TPSA) is 81.8 Å². The van der Waals surface area contributed by atoms with Crippen molar-refractivity contribution in [3.63, 3.8) is 0 Å². The fraction of sp³-hybridized carbons (Fsp3) is 0.0625. The van der Waals surface area contributed by atoms with Crippen LogP contribution in [0.5, 0.6) is 0 Å². The van der Waals surface area contributed by atoms with Crippen molar-refractivity contribution < 1.29 is 14.3 Å². The minimum atomic E-state index is -0.794. The first kappa shape index (κ1) is 14.5. The molecule has 0 heterocycles. The van der Waals surface area contributed by atoms with Crippen LogP contribution < -0.4 is 5.73 Å². The van der Waals surface area contributed by atoms with Crippen molar-refractivity contribution in [2.75, 3.05) is 0 Å². The minimum Gasteiger partial charge on any atom is -0.443 e. The fourth-order valence-electron chi connectivity index (χ4n) is 1.74. The van der Waals surface area contributed by atoms with Gasteiger partial charge >= 0.3 is 6.09 Å². The molecule has 0 saturated carbocycles. The SMILES string of the molecule is NC(=NC(=O)OCc1ccccc1)c1ccccc1C=O. The Morgan fingerprint density at radius 3 is 2.48 bits per heavy atom. The van der Waals surface area contributed by atoms with Gasteiger partial charge in [0.2, 0.25) is 0 Å². The normalized spacial score (nSPS) is 11.0. The lowest BCUT2D eigenvalue weighted by atomic mass is 10.1. The number of carbonyl (C=O) groups is 2. The average molecular weight is 282 g/mol. The molecule has 21 heavy (non-hydrogen) atoms. The number of hydrogen-bond acceptors (Lipinski definition) is 3. The van der Waals surface area contributed by atoms with Crippen molar-refractivity contribution in [3.05, 3.63) is 71.3 Å². The van der Waals surface area contributed by atoms with Gasteiger partial charge in [-0.15, -0.1) is 0 Å². The lowest BCUT2D eigenvalue weighted by molar-refractivity contribution is 0.112. The molecular weight excluding hydrogens is 268 g/mol. The van der Waals surface area contributed by atoms with E-state index in [1.54, 1.807) is 24.3 Å². The number of rotatable bonds is 4. The molecule has 2 aromatic carbocycles. The molecule has 2 aromatic rings. The Balaban J connectivity index is 2.04. The highest BCUT2D eigenvalue weighted by atomic mass is 16.5. The molecule has 2 N–H and O–H groups in total. The second-order valence-electron chi connectivity index (χ2n) is 4.24. The molecule has 106 valence electrons. The van der Waals surface area contributed by atoms with Crippen LogP contribution in [0.15, 0.2) is 59.6 Å². The summed E-state index contributed by atoms with van der Waals surface area (Å²) in [5.41, 5.74) is 7.36. The Hall–Kier alpha value is -2.95. The largest absolute Gasteiger partial charge is 0.443 e. The third kappa shape index (κ3) is 4.01. The molecule has 0 bridgehead atoms. The molecule has 1 amide bonds. The molecule has 0 spiro atoms. The molecule has 2 rings (SSSR count).